The van der Waals surface area contributed by atoms with E-state index in [1.165, 1.54) is 28.1 Å². The fourth-order valence-electron chi connectivity index (χ4n) is 4.87. The molecular formula is C29H37N2OPS. The molecule has 1 heterocycles. The topological polar surface area (TPSA) is 24.8 Å². The van der Waals surface area contributed by atoms with Gasteiger partial charge < -0.3 is 4.74 Å². The molecule has 0 N–H and O–H groups in total. The normalized spacial score (nSPS) is 21.5. The standard InChI is InChI=1S/C29H37N2OPS/c1-22(2)34-23(3)29(30-31-20-12-13-24(31)21-32-4)27-18-11-19-28(27)33(25-14-7-5-8-15-25)26-16-9-6-10-17-26/h5-11,14-19,22-24,27H,12-13,20-21H2,1-4H3/b30-29+/t23-,24+,27?/m1/s1. The van der Waals surface area contributed by atoms with Gasteiger partial charge in [-0.3, -0.25) is 5.01 Å². The van der Waals surface area contributed by atoms with Gasteiger partial charge in [-0.25, -0.2) is 0 Å². The quantitative estimate of drug-likeness (QED) is 0.292. The van der Waals surface area contributed by atoms with Crippen molar-refractivity contribution in [2.45, 2.75) is 50.2 Å². The second-order valence-corrected chi connectivity index (χ2v) is 13.4. The number of thioether (sulfide) groups is 1. The lowest BCUT2D eigenvalue weighted by atomic mass is 10.0. The third-order valence-corrected chi connectivity index (χ3v) is 10.1. The molecule has 0 spiro atoms. The summed E-state index contributed by atoms with van der Waals surface area (Å²) >= 11 is 2.01. The minimum Gasteiger partial charge on any atom is -0.382 e. The molecule has 34 heavy (non-hydrogen) atoms. The first-order valence-corrected chi connectivity index (χ1v) is 14.6. The molecule has 3 nitrogen and oxygen atoms in total. The van der Waals surface area contributed by atoms with Crippen LogP contribution < -0.4 is 10.6 Å². The van der Waals surface area contributed by atoms with Crippen LogP contribution in [-0.4, -0.2) is 47.5 Å². The highest BCUT2D eigenvalue weighted by atomic mass is 32.2. The van der Waals surface area contributed by atoms with Gasteiger partial charge in [0.15, 0.2) is 0 Å². The third kappa shape index (κ3) is 6.03. The molecule has 180 valence electrons. The Balaban J connectivity index is 1.74. The first-order valence-electron chi connectivity index (χ1n) is 12.4. The Labute approximate surface area is 211 Å². The maximum atomic E-state index is 5.52. The Bertz CT molecular complexity index is 966. The molecule has 1 aliphatic carbocycles. The Morgan fingerprint density at radius 3 is 2.29 bits per heavy atom. The molecule has 4 rings (SSSR count). The largest absolute Gasteiger partial charge is 0.382 e. The van der Waals surface area contributed by atoms with Crippen molar-refractivity contribution in [1.82, 2.24) is 5.01 Å². The van der Waals surface area contributed by atoms with Crippen LogP contribution in [0.15, 0.2) is 89.3 Å². The summed E-state index contributed by atoms with van der Waals surface area (Å²) in [4.78, 5) is 0. The van der Waals surface area contributed by atoms with Gasteiger partial charge in [0.05, 0.1) is 18.4 Å². The zero-order chi connectivity index (χ0) is 23.9. The van der Waals surface area contributed by atoms with Crippen molar-refractivity contribution < 1.29 is 4.74 Å². The van der Waals surface area contributed by atoms with Gasteiger partial charge in [-0.2, -0.15) is 5.10 Å². The van der Waals surface area contributed by atoms with Crippen molar-refractivity contribution in [1.29, 1.82) is 0 Å². The van der Waals surface area contributed by atoms with E-state index in [1.807, 2.05) is 11.8 Å². The number of benzene rings is 2. The molecule has 1 aliphatic heterocycles. The first-order chi connectivity index (χ1) is 16.6. The summed E-state index contributed by atoms with van der Waals surface area (Å²) < 4.78 is 5.52. The van der Waals surface area contributed by atoms with E-state index < -0.39 is 7.92 Å². The van der Waals surface area contributed by atoms with Crippen molar-refractivity contribution in [2.75, 3.05) is 20.3 Å². The highest BCUT2D eigenvalue weighted by Crippen LogP contribution is 2.50. The van der Waals surface area contributed by atoms with E-state index in [4.69, 9.17) is 9.84 Å². The van der Waals surface area contributed by atoms with E-state index in [-0.39, 0.29) is 5.92 Å². The fraction of sp³-hybridized carbons (Fsp3) is 0.414. The van der Waals surface area contributed by atoms with Crippen LogP contribution in [0.3, 0.4) is 0 Å². The van der Waals surface area contributed by atoms with Crippen LogP contribution >= 0.6 is 19.7 Å². The Hall–Kier alpha value is -1.87. The van der Waals surface area contributed by atoms with Gasteiger partial charge in [-0.05, 0) is 48.9 Å². The number of ether oxygens (including phenoxy) is 1. The van der Waals surface area contributed by atoms with Crippen LogP contribution in [0.5, 0.6) is 0 Å². The maximum absolute atomic E-state index is 5.52. The lowest BCUT2D eigenvalue weighted by Crippen LogP contribution is -2.34. The van der Waals surface area contributed by atoms with Crippen LogP contribution in [0.1, 0.15) is 33.6 Å². The Kier molecular flexibility index (Phi) is 9.05. The van der Waals surface area contributed by atoms with Gasteiger partial charge in [0, 0.05) is 24.8 Å². The molecule has 0 amide bonds. The third-order valence-electron chi connectivity index (χ3n) is 6.34. The van der Waals surface area contributed by atoms with E-state index in [9.17, 15) is 0 Å². The molecule has 0 saturated carbocycles. The summed E-state index contributed by atoms with van der Waals surface area (Å²) in [5.74, 6) is 0.219. The Morgan fingerprint density at radius 1 is 1.06 bits per heavy atom. The summed E-state index contributed by atoms with van der Waals surface area (Å²) in [7, 11) is 1.16. The first kappa shape index (κ1) is 25.2. The molecule has 0 radical (unpaired) electrons. The number of nitrogens with zero attached hydrogens (tertiary/aromatic N) is 2. The van der Waals surface area contributed by atoms with E-state index in [2.05, 4.69) is 105 Å². The van der Waals surface area contributed by atoms with Gasteiger partial charge in [0.25, 0.3) is 0 Å². The summed E-state index contributed by atoms with van der Waals surface area (Å²) in [6.45, 7) is 8.65. The summed E-state index contributed by atoms with van der Waals surface area (Å²) in [5.41, 5.74) is 1.28. The summed E-state index contributed by atoms with van der Waals surface area (Å²) in [6.07, 6.45) is 9.31. The summed E-state index contributed by atoms with van der Waals surface area (Å²) in [6, 6.07) is 22.4. The molecule has 5 heteroatoms. The average Bonchev–Trinajstić information content (AvgIpc) is 3.48. The SMILES string of the molecule is COC[C@@H]1CCCN1/N=C(/C1C=CC=C1P(c1ccccc1)c1ccccc1)[C@@H](C)SC(C)C. The number of hydrogen-bond acceptors (Lipinski definition) is 4. The number of hydrazone groups is 1. The monoisotopic (exact) mass is 492 g/mol. The Morgan fingerprint density at radius 2 is 1.71 bits per heavy atom. The van der Waals surface area contributed by atoms with Crippen LogP contribution in [0.4, 0.5) is 0 Å². The predicted molar refractivity (Wildman–Crippen MR) is 151 cm³/mol. The van der Waals surface area contributed by atoms with Crippen molar-refractivity contribution in [3.8, 4) is 0 Å². The van der Waals surface area contributed by atoms with Crippen LogP contribution in [0.25, 0.3) is 0 Å². The average molecular weight is 493 g/mol. The van der Waals surface area contributed by atoms with Crippen molar-refractivity contribution in [2.24, 2.45) is 11.0 Å². The number of methoxy groups -OCH3 is 1. The zero-order valence-corrected chi connectivity index (χ0v) is 22.5. The van der Waals surface area contributed by atoms with Crippen molar-refractivity contribution in [3.05, 3.63) is 84.2 Å². The van der Waals surface area contributed by atoms with Crippen molar-refractivity contribution in [3.63, 3.8) is 0 Å². The number of allylic oxidation sites excluding steroid dienone is 4. The van der Waals surface area contributed by atoms with Crippen LogP contribution in [0.2, 0.25) is 0 Å². The molecule has 1 unspecified atom stereocenters. The van der Waals surface area contributed by atoms with E-state index >= 15 is 0 Å². The van der Waals surface area contributed by atoms with E-state index in [0.717, 1.165) is 19.6 Å². The molecule has 2 aromatic rings. The lowest BCUT2D eigenvalue weighted by molar-refractivity contribution is 0.117. The molecule has 2 aromatic carbocycles. The van der Waals surface area contributed by atoms with Gasteiger partial charge in [0.1, 0.15) is 0 Å². The van der Waals surface area contributed by atoms with Crippen molar-refractivity contribution >= 4 is 36.0 Å². The molecule has 3 atom stereocenters. The maximum Gasteiger partial charge on any atom is 0.0704 e. The van der Waals surface area contributed by atoms with Gasteiger partial charge in [0.2, 0.25) is 0 Å². The van der Waals surface area contributed by atoms with Crippen LogP contribution in [0, 0.1) is 5.92 Å². The second-order valence-electron chi connectivity index (χ2n) is 9.23. The minimum atomic E-state index is -0.639. The highest BCUT2D eigenvalue weighted by molar-refractivity contribution is 8.01. The lowest BCUT2D eigenvalue weighted by Gasteiger charge is -2.31. The molecular weight excluding hydrogens is 455 g/mol. The van der Waals surface area contributed by atoms with Gasteiger partial charge in [-0.1, -0.05) is 92.7 Å². The molecule has 0 aromatic heterocycles. The minimum absolute atomic E-state index is 0.219. The second kappa shape index (κ2) is 12.2. The smallest absolute Gasteiger partial charge is 0.0704 e. The molecule has 1 saturated heterocycles. The van der Waals surface area contributed by atoms with E-state index in [1.54, 1.807) is 7.11 Å². The van der Waals surface area contributed by atoms with Gasteiger partial charge in [-0.15, -0.1) is 11.8 Å². The van der Waals surface area contributed by atoms with Crippen LogP contribution in [-0.2, 0) is 4.74 Å². The van der Waals surface area contributed by atoms with E-state index in [0.29, 0.717) is 16.5 Å². The number of hydrogen-bond donors (Lipinski definition) is 0. The molecule has 0 bridgehead atoms. The van der Waals surface area contributed by atoms with Gasteiger partial charge >= 0.3 is 0 Å². The molecule has 2 aliphatic rings. The summed E-state index contributed by atoms with van der Waals surface area (Å²) in [5, 5.41) is 12.9. The predicted octanol–water partition coefficient (Wildman–Crippen LogP) is 6.19. The zero-order valence-electron chi connectivity index (χ0n) is 20.8. The fourth-order valence-corrected chi connectivity index (χ4v) is 8.59. The number of rotatable bonds is 10. The highest BCUT2D eigenvalue weighted by Gasteiger charge is 2.34. The molecule has 1 fully saturated rings.